The van der Waals surface area contributed by atoms with Crippen LogP contribution in [0, 0.1) is 0 Å². The molecule has 0 fully saturated rings. The molecule has 0 saturated carbocycles. The van der Waals surface area contributed by atoms with Crippen LogP contribution in [0.15, 0.2) is 47.1 Å². The predicted molar refractivity (Wildman–Crippen MR) is 78.4 cm³/mol. The van der Waals surface area contributed by atoms with E-state index < -0.39 is 0 Å². The van der Waals surface area contributed by atoms with Crippen molar-refractivity contribution in [2.75, 3.05) is 11.9 Å². The van der Waals surface area contributed by atoms with Gasteiger partial charge in [0.2, 0.25) is 0 Å². The van der Waals surface area contributed by atoms with Crippen molar-refractivity contribution in [1.29, 1.82) is 0 Å². The quantitative estimate of drug-likeness (QED) is 0.944. The van der Waals surface area contributed by atoms with Gasteiger partial charge in [0.25, 0.3) is 0 Å². The van der Waals surface area contributed by atoms with Crippen LogP contribution in [0.2, 0.25) is 0 Å². The zero-order valence-electron chi connectivity index (χ0n) is 10.3. The lowest BCUT2D eigenvalue weighted by Crippen LogP contribution is -2.18. The lowest BCUT2D eigenvalue weighted by atomic mass is 10.1. The largest absolute Gasteiger partial charge is 0.354 e. The van der Waals surface area contributed by atoms with Crippen molar-refractivity contribution in [3.63, 3.8) is 0 Å². The number of hydrogen-bond donors (Lipinski definition) is 1. The number of pyridine rings is 1. The topological polar surface area (TPSA) is 42.1 Å². The number of halogens is 1. The average Bonchev–Trinajstić information content (AvgIpc) is 2.40. The number of hydrogen-bond acceptors (Lipinski definition) is 3. The Morgan fingerprint density at radius 3 is 2.44 bits per heavy atom. The van der Waals surface area contributed by atoms with E-state index in [4.69, 9.17) is 5.73 Å². The minimum absolute atomic E-state index is 0.585. The van der Waals surface area contributed by atoms with Crippen LogP contribution in [0.25, 0.3) is 0 Å². The maximum absolute atomic E-state index is 5.59. The Hall–Kier alpha value is -1.39. The highest BCUT2D eigenvalue weighted by Crippen LogP contribution is 2.23. The number of aromatic nitrogens is 1. The Morgan fingerprint density at radius 1 is 1.17 bits per heavy atom. The molecule has 94 valence electrons. The fourth-order valence-corrected chi connectivity index (χ4v) is 2.35. The molecule has 2 rings (SSSR count). The second kappa shape index (κ2) is 5.98. The van der Waals surface area contributed by atoms with E-state index in [1.807, 2.05) is 19.2 Å². The molecule has 1 aromatic carbocycles. The molecule has 0 aliphatic carbocycles. The van der Waals surface area contributed by atoms with E-state index >= 15 is 0 Å². The summed E-state index contributed by atoms with van der Waals surface area (Å²) in [5, 5.41) is 0. The molecule has 2 aromatic rings. The molecule has 1 heterocycles. The van der Waals surface area contributed by atoms with Gasteiger partial charge < -0.3 is 10.6 Å². The van der Waals surface area contributed by atoms with E-state index in [1.54, 1.807) is 6.20 Å². The molecule has 0 spiro atoms. The Balaban J connectivity index is 2.11. The lowest BCUT2D eigenvalue weighted by molar-refractivity contribution is 0.892. The van der Waals surface area contributed by atoms with Gasteiger partial charge in [0.15, 0.2) is 0 Å². The van der Waals surface area contributed by atoms with Gasteiger partial charge >= 0.3 is 0 Å². The van der Waals surface area contributed by atoms with Gasteiger partial charge in [-0.15, -0.1) is 0 Å². The molecule has 0 unspecified atom stereocenters. The molecule has 4 heteroatoms. The molecular formula is C14H16BrN3. The van der Waals surface area contributed by atoms with Crippen LogP contribution >= 0.6 is 15.9 Å². The highest BCUT2D eigenvalue weighted by atomic mass is 79.9. The molecule has 0 bridgehead atoms. The fraction of sp³-hybridized carbons (Fsp3) is 0.214. The molecule has 0 saturated heterocycles. The van der Waals surface area contributed by atoms with Crippen molar-refractivity contribution in [3.8, 4) is 0 Å². The summed E-state index contributed by atoms with van der Waals surface area (Å²) in [4.78, 5) is 6.48. The Kier molecular flexibility index (Phi) is 4.33. The second-order valence-corrected chi connectivity index (χ2v) is 5.04. The Morgan fingerprint density at radius 2 is 1.83 bits per heavy atom. The van der Waals surface area contributed by atoms with E-state index in [9.17, 15) is 0 Å². The molecule has 18 heavy (non-hydrogen) atoms. The summed E-state index contributed by atoms with van der Waals surface area (Å²) in [7, 11) is 2.03. The number of nitrogens with zero attached hydrogens (tertiary/aromatic N) is 2. The molecule has 3 nitrogen and oxygen atoms in total. The van der Waals surface area contributed by atoms with Crippen LogP contribution in [0.1, 0.15) is 11.1 Å². The zero-order chi connectivity index (χ0) is 13.0. The normalized spacial score (nSPS) is 10.4. The maximum Gasteiger partial charge on any atom is 0.142 e. The first kappa shape index (κ1) is 13.1. The third-order valence-corrected chi connectivity index (χ3v) is 3.40. The predicted octanol–water partition coefficient (Wildman–Crippen LogP) is 2.94. The van der Waals surface area contributed by atoms with E-state index in [1.165, 1.54) is 5.56 Å². The van der Waals surface area contributed by atoms with Crippen molar-refractivity contribution < 1.29 is 0 Å². The summed E-state index contributed by atoms with van der Waals surface area (Å²) >= 11 is 3.51. The van der Waals surface area contributed by atoms with Crippen molar-refractivity contribution in [2.45, 2.75) is 13.1 Å². The second-order valence-electron chi connectivity index (χ2n) is 4.19. The summed E-state index contributed by atoms with van der Waals surface area (Å²) < 4.78 is 1.01. The summed E-state index contributed by atoms with van der Waals surface area (Å²) in [6.07, 6.45) is 1.80. The number of nitrogens with two attached hydrogens (primary N) is 1. The first-order chi connectivity index (χ1) is 8.70. The number of rotatable bonds is 4. The average molecular weight is 306 g/mol. The van der Waals surface area contributed by atoms with Gasteiger partial charge in [-0.05, 0) is 39.2 Å². The van der Waals surface area contributed by atoms with E-state index in [0.717, 1.165) is 22.4 Å². The third kappa shape index (κ3) is 3.09. The fourth-order valence-electron chi connectivity index (χ4n) is 1.79. The molecular weight excluding hydrogens is 290 g/mol. The minimum Gasteiger partial charge on any atom is -0.354 e. The molecule has 2 N–H and O–H groups in total. The van der Waals surface area contributed by atoms with Crippen LogP contribution < -0.4 is 10.6 Å². The highest BCUT2D eigenvalue weighted by Gasteiger charge is 2.06. The third-order valence-electron chi connectivity index (χ3n) is 2.78. The lowest BCUT2D eigenvalue weighted by Gasteiger charge is -2.19. The Bertz CT molecular complexity index is 511. The van der Waals surface area contributed by atoms with Crippen LogP contribution in [0.4, 0.5) is 5.82 Å². The van der Waals surface area contributed by atoms with Gasteiger partial charge in [0.1, 0.15) is 5.82 Å². The molecule has 1 aromatic heterocycles. The Labute approximate surface area is 116 Å². The first-order valence-corrected chi connectivity index (χ1v) is 6.59. The summed E-state index contributed by atoms with van der Waals surface area (Å²) in [6.45, 7) is 1.41. The summed E-state index contributed by atoms with van der Waals surface area (Å²) in [5.74, 6) is 0.945. The molecule has 0 aliphatic heterocycles. The van der Waals surface area contributed by atoms with E-state index in [0.29, 0.717) is 6.54 Å². The van der Waals surface area contributed by atoms with Crippen molar-refractivity contribution >= 4 is 21.7 Å². The highest BCUT2D eigenvalue weighted by molar-refractivity contribution is 9.10. The summed E-state index contributed by atoms with van der Waals surface area (Å²) in [6, 6.07) is 12.3. The van der Waals surface area contributed by atoms with Gasteiger partial charge in [-0.25, -0.2) is 4.98 Å². The zero-order valence-corrected chi connectivity index (χ0v) is 11.9. The van der Waals surface area contributed by atoms with Gasteiger partial charge in [0.05, 0.1) is 4.47 Å². The standard InChI is InChI=1S/C14H16BrN3/c1-18(14-13(15)3-2-8-17-14)10-12-6-4-11(9-16)5-7-12/h2-8H,9-10,16H2,1H3. The number of benzene rings is 1. The SMILES string of the molecule is CN(Cc1ccc(CN)cc1)c1ncccc1Br. The summed E-state index contributed by atoms with van der Waals surface area (Å²) in [5.41, 5.74) is 7.98. The van der Waals surface area contributed by atoms with E-state index in [2.05, 4.69) is 50.1 Å². The van der Waals surface area contributed by atoms with Crippen molar-refractivity contribution in [2.24, 2.45) is 5.73 Å². The smallest absolute Gasteiger partial charge is 0.142 e. The monoisotopic (exact) mass is 305 g/mol. The van der Waals surface area contributed by atoms with Crippen LogP contribution in [0.3, 0.4) is 0 Å². The molecule has 0 amide bonds. The van der Waals surface area contributed by atoms with Crippen LogP contribution in [-0.2, 0) is 13.1 Å². The molecule has 0 radical (unpaired) electrons. The van der Waals surface area contributed by atoms with Crippen molar-refractivity contribution in [1.82, 2.24) is 4.98 Å². The van der Waals surface area contributed by atoms with Crippen LogP contribution in [0.5, 0.6) is 0 Å². The molecule has 0 atom stereocenters. The number of anilines is 1. The van der Waals surface area contributed by atoms with Gasteiger partial charge in [-0.3, -0.25) is 0 Å². The maximum atomic E-state index is 5.59. The minimum atomic E-state index is 0.585. The van der Waals surface area contributed by atoms with Crippen molar-refractivity contribution in [3.05, 3.63) is 58.2 Å². The van der Waals surface area contributed by atoms with Crippen LogP contribution in [-0.4, -0.2) is 12.0 Å². The van der Waals surface area contributed by atoms with Gasteiger partial charge in [-0.1, -0.05) is 24.3 Å². The van der Waals surface area contributed by atoms with E-state index in [-0.39, 0.29) is 0 Å². The first-order valence-electron chi connectivity index (χ1n) is 5.80. The van der Waals surface area contributed by atoms with Gasteiger partial charge in [-0.2, -0.15) is 0 Å². The van der Waals surface area contributed by atoms with Gasteiger partial charge in [0, 0.05) is 26.3 Å². The molecule has 0 aliphatic rings.